The molecule has 0 saturated heterocycles. The third kappa shape index (κ3) is 1.40. The van der Waals surface area contributed by atoms with Gasteiger partial charge in [0, 0.05) is 5.38 Å². The van der Waals surface area contributed by atoms with Crippen molar-refractivity contribution < 1.29 is 9.90 Å². The molecule has 0 atom stereocenters. The lowest BCUT2D eigenvalue weighted by molar-refractivity contribution is -0.0228. The number of carboxylic acid groups (broad SMARTS) is 1. The SMILES string of the molecule is N#CC1(c2nc(C(=O)O)cs2)CC2(CCC2)C1. The van der Waals surface area contributed by atoms with Crippen molar-refractivity contribution >= 4 is 17.3 Å². The molecule has 0 aromatic carbocycles. The number of aromatic nitrogens is 1. The Morgan fingerprint density at radius 3 is 2.65 bits per heavy atom. The van der Waals surface area contributed by atoms with Gasteiger partial charge in [-0.05, 0) is 31.1 Å². The number of carboxylic acids is 1. The molecule has 2 saturated carbocycles. The zero-order valence-electron chi connectivity index (χ0n) is 9.27. The van der Waals surface area contributed by atoms with Crippen molar-refractivity contribution in [2.24, 2.45) is 5.41 Å². The Kier molecular flexibility index (Phi) is 2.08. The Morgan fingerprint density at radius 1 is 1.53 bits per heavy atom. The van der Waals surface area contributed by atoms with Gasteiger partial charge in [0.15, 0.2) is 5.69 Å². The molecule has 0 unspecified atom stereocenters. The van der Waals surface area contributed by atoms with Gasteiger partial charge >= 0.3 is 5.97 Å². The predicted octanol–water partition coefficient (Wildman–Crippen LogP) is 2.57. The van der Waals surface area contributed by atoms with Crippen molar-refractivity contribution in [2.75, 3.05) is 0 Å². The number of rotatable bonds is 2. The van der Waals surface area contributed by atoms with Crippen LogP contribution in [0.4, 0.5) is 0 Å². The lowest BCUT2D eigenvalue weighted by Gasteiger charge is -2.57. The van der Waals surface area contributed by atoms with E-state index in [0.29, 0.717) is 10.4 Å². The second-order valence-electron chi connectivity index (χ2n) is 5.24. The number of nitrogens with zero attached hydrogens (tertiary/aromatic N) is 2. The topological polar surface area (TPSA) is 74.0 Å². The Balaban J connectivity index is 1.86. The first-order valence-electron chi connectivity index (χ1n) is 5.70. The third-order valence-corrected chi connectivity index (χ3v) is 5.16. The fraction of sp³-hybridized carbons (Fsp3) is 0.583. The summed E-state index contributed by atoms with van der Waals surface area (Å²) in [6.45, 7) is 0. The molecule has 2 aliphatic rings. The third-order valence-electron chi connectivity index (χ3n) is 4.11. The van der Waals surface area contributed by atoms with Crippen molar-refractivity contribution in [3.05, 3.63) is 16.1 Å². The van der Waals surface area contributed by atoms with E-state index in [9.17, 15) is 10.1 Å². The number of hydrogen-bond donors (Lipinski definition) is 1. The number of carbonyl (C=O) groups is 1. The van der Waals surface area contributed by atoms with E-state index in [1.54, 1.807) is 0 Å². The molecule has 0 aliphatic heterocycles. The summed E-state index contributed by atoms with van der Waals surface area (Å²) in [6.07, 6.45) is 5.42. The fourth-order valence-corrected chi connectivity index (χ4v) is 4.07. The molecular weight excluding hydrogens is 236 g/mol. The van der Waals surface area contributed by atoms with E-state index in [4.69, 9.17) is 5.11 Å². The van der Waals surface area contributed by atoms with Crippen molar-refractivity contribution in [2.45, 2.75) is 37.5 Å². The highest BCUT2D eigenvalue weighted by molar-refractivity contribution is 7.10. The molecule has 5 heteroatoms. The van der Waals surface area contributed by atoms with Crippen LogP contribution in [-0.2, 0) is 5.41 Å². The molecule has 88 valence electrons. The van der Waals surface area contributed by atoms with Gasteiger partial charge in [0.2, 0.25) is 0 Å². The summed E-state index contributed by atoms with van der Waals surface area (Å²) in [4.78, 5) is 14.9. The average Bonchev–Trinajstić information content (AvgIpc) is 2.64. The van der Waals surface area contributed by atoms with Gasteiger partial charge in [0.05, 0.1) is 6.07 Å². The normalized spacial score (nSPS) is 23.5. The molecule has 0 radical (unpaired) electrons. The minimum absolute atomic E-state index is 0.0641. The van der Waals surface area contributed by atoms with Crippen molar-refractivity contribution in [1.82, 2.24) is 4.98 Å². The second kappa shape index (κ2) is 3.30. The fourth-order valence-electron chi connectivity index (χ4n) is 3.13. The zero-order valence-corrected chi connectivity index (χ0v) is 10.1. The Hall–Kier alpha value is -1.41. The highest BCUT2D eigenvalue weighted by atomic mass is 32.1. The molecule has 2 fully saturated rings. The minimum Gasteiger partial charge on any atom is -0.476 e. The predicted molar refractivity (Wildman–Crippen MR) is 61.9 cm³/mol. The first-order valence-corrected chi connectivity index (χ1v) is 6.58. The van der Waals surface area contributed by atoms with Gasteiger partial charge < -0.3 is 5.11 Å². The Bertz CT molecular complexity index is 517. The van der Waals surface area contributed by atoms with Gasteiger partial charge in [-0.3, -0.25) is 0 Å². The molecule has 0 amide bonds. The summed E-state index contributed by atoms with van der Waals surface area (Å²) < 4.78 is 0. The van der Waals surface area contributed by atoms with E-state index in [-0.39, 0.29) is 5.69 Å². The standard InChI is InChI=1S/C12H12N2O2S/c13-7-12(5-11(6-12)2-1-3-11)10-14-8(4-17-10)9(15)16/h4H,1-3,5-6H2,(H,15,16). The quantitative estimate of drug-likeness (QED) is 0.872. The van der Waals surface area contributed by atoms with Gasteiger partial charge in [0.25, 0.3) is 0 Å². The highest BCUT2D eigenvalue weighted by Gasteiger charge is 2.59. The molecule has 1 N–H and O–H groups in total. The summed E-state index contributed by atoms with van der Waals surface area (Å²) in [7, 11) is 0. The van der Waals surface area contributed by atoms with Crippen LogP contribution in [0.1, 0.15) is 47.6 Å². The van der Waals surface area contributed by atoms with Gasteiger partial charge in [-0.15, -0.1) is 11.3 Å². The van der Waals surface area contributed by atoms with Crippen molar-refractivity contribution in [3.63, 3.8) is 0 Å². The molecule has 1 aromatic rings. The zero-order chi connectivity index (χ0) is 12.1. The van der Waals surface area contributed by atoms with Crippen LogP contribution in [0.25, 0.3) is 0 Å². The first kappa shape index (κ1) is 10.7. The highest BCUT2D eigenvalue weighted by Crippen LogP contribution is 2.64. The van der Waals surface area contributed by atoms with Gasteiger partial charge in [-0.25, -0.2) is 9.78 Å². The monoisotopic (exact) mass is 248 g/mol. The van der Waals surface area contributed by atoms with E-state index < -0.39 is 11.4 Å². The van der Waals surface area contributed by atoms with E-state index in [2.05, 4.69) is 11.1 Å². The van der Waals surface area contributed by atoms with E-state index in [0.717, 1.165) is 12.8 Å². The largest absolute Gasteiger partial charge is 0.476 e. The summed E-state index contributed by atoms with van der Waals surface area (Å²) in [5.74, 6) is -1.02. The average molecular weight is 248 g/mol. The van der Waals surface area contributed by atoms with E-state index in [1.807, 2.05) is 0 Å². The van der Waals surface area contributed by atoms with Crippen molar-refractivity contribution in [1.29, 1.82) is 5.26 Å². The molecule has 1 heterocycles. The van der Waals surface area contributed by atoms with Crippen LogP contribution in [0, 0.1) is 16.7 Å². The molecule has 0 bridgehead atoms. The first-order chi connectivity index (χ1) is 8.09. The van der Waals surface area contributed by atoms with Crippen LogP contribution in [0.2, 0.25) is 0 Å². The summed E-state index contributed by atoms with van der Waals surface area (Å²) in [5, 5.41) is 20.4. The molecule has 17 heavy (non-hydrogen) atoms. The molecule has 4 nitrogen and oxygen atoms in total. The lowest BCUT2D eigenvalue weighted by atomic mass is 9.46. The van der Waals surface area contributed by atoms with Gasteiger partial charge in [0.1, 0.15) is 10.4 Å². The number of nitriles is 1. The van der Waals surface area contributed by atoms with Gasteiger partial charge in [-0.2, -0.15) is 5.26 Å². The smallest absolute Gasteiger partial charge is 0.355 e. The number of aromatic carboxylic acids is 1. The summed E-state index contributed by atoms with van der Waals surface area (Å²) in [6, 6.07) is 2.36. The summed E-state index contributed by atoms with van der Waals surface area (Å²) >= 11 is 1.31. The van der Waals surface area contributed by atoms with Crippen LogP contribution in [0.15, 0.2) is 5.38 Å². The summed E-state index contributed by atoms with van der Waals surface area (Å²) in [5.41, 5.74) is -0.0574. The molecular formula is C12H12N2O2S. The molecule has 3 rings (SSSR count). The Morgan fingerprint density at radius 2 is 2.24 bits per heavy atom. The Labute approximate surface area is 103 Å². The van der Waals surface area contributed by atoms with E-state index >= 15 is 0 Å². The van der Waals surface area contributed by atoms with Crippen LogP contribution in [-0.4, -0.2) is 16.1 Å². The van der Waals surface area contributed by atoms with E-state index in [1.165, 1.54) is 36.0 Å². The maximum atomic E-state index is 10.8. The lowest BCUT2D eigenvalue weighted by Crippen LogP contribution is -2.52. The number of hydrogen-bond acceptors (Lipinski definition) is 4. The van der Waals surface area contributed by atoms with Crippen LogP contribution < -0.4 is 0 Å². The molecule has 1 spiro atoms. The van der Waals surface area contributed by atoms with Crippen LogP contribution >= 0.6 is 11.3 Å². The van der Waals surface area contributed by atoms with Crippen LogP contribution in [0.3, 0.4) is 0 Å². The van der Waals surface area contributed by atoms with Crippen LogP contribution in [0.5, 0.6) is 0 Å². The molecule has 2 aliphatic carbocycles. The maximum Gasteiger partial charge on any atom is 0.355 e. The molecule has 1 aromatic heterocycles. The van der Waals surface area contributed by atoms with Gasteiger partial charge in [-0.1, -0.05) is 6.42 Å². The second-order valence-corrected chi connectivity index (χ2v) is 6.10. The maximum absolute atomic E-state index is 10.8. The number of thiazole rings is 1. The van der Waals surface area contributed by atoms with Crippen molar-refractivity contribution in [3.8, 4) is 6.07 Å². The minimum atomic E-state index is -1.02.